The van der Waals surface area contributed by atoms with Crippen molar-refractivity contribution >= 4 is 15.9 Å². The Morgan fingerprint density at radius 1 is 1.39 bits per heavy atom. The van der Waals surface area contributed by atoms with Crippen LogP contribution in [0.1, 0.15) is 32.3 Å². The van der Waals surface area contributed by atoms with Gasteiger partial charge in [0.05, 0.1) is 11.6 Å². The van der Waals surface area contributed by atoms with Crippen molar-refractivity contribution in [3.63, 3.8) is 0 Å². The molecule has 0 bridgehead atoms. The first-order chi connectivity index (χ1) is 8.60. The minimum absolute atomic E-state index is 0.603. The maximum Gasteiger partial charge on any atom is 0.133 e. The Morgan fingerprint density at radius 2 is 2.11 bits per heavy atom. The molecular weight excluding hydrogens is 290 g/mol. The minimum atomic E-state index is 0.603. The van der Waals surface area contributed by atoms with Crippen LogP contribution in [0.2, 0.25) is 0 Å². The van der Waals surface area contributed by atoms with Gasteiger partial charge in [-0.05, 0) is 66.2 Å². The molecule has 1 saturated carbocycles. The third-order valence-corrected chi connectivity index (χ3v) is 4.14. The highest BCUT2D eigenvalue weighted by Gasteiger charge is 2.25. The van der Waals surface area contributed by atoms with E-state index in [2.05, 4.69) is 46.8 Å². The number of halogens is 1. The SMILES string of the molecule is COc1ccc(CN(CC2CC2)C(C)C)cc1Br. The minimum Gasteiger partial charge on any atom is -0.496 e. The molecule has 0 spiro atoms. The number of ether oxygens (including phenoxy) is 1. The molecule has 2 rings (SSSR count). The summed E-state index contributed by atoms with van der Waals surface area (Å²) >= 11 is 3.55. The van der Waals surface area contributed by atoms with Crippen LogP contribution in [0.25, 0.3) is 0 Å². The van der Waals surface area contributed by atoms with E-state index in [4.69, 9.17) is 4.74 Å². The lowest BCUT2D eigenvalue weighted by Crippen LogP contribution is -2.32. The molecule has 0 unspecified atom stereocenters. The Balaban J connectivity index is 2.03. The number of benzene rings is 1. The predicted octanol–water partition coefficient (Wildman–Crippen LogP) is 4.08. The number of hydrogen-bond acceptors (Lipinski definition) is 2. The fourth-order valence-corrected chi connectivity index (χ4v) is 2.72. The van der Waals surface area contributed by atoms with Gasteiger partial charge in [-0.25, -0.2) is 0 Å². The zero-order valence-electron chi connectivity index (χ0n) is 11.4. The molecule has 2 nitrogen and oxygen atoms in total. The van der Waals surface area contributed by atoms with E-state index in [1.165, 1.54) is 24.9 Å². The molecule has 1 aromatic rings. The molecule has 1 aliphatic rings. The molecule has 18 heavy (non-hydrogen) atoms. The summed E-state index contributed by atoms with van der Waals surface area (Å²) in [6.45, 7) is 6.82. The standard InChI is InChI=1S/C15H22BrNO/c1-11(2)17(9-12-4-5-12)10-13-6-7-15(18-3)14(16)8-13/h6-8,11-12H,4-5,9-10H2,1-3H3. The molecule has 1 aliphatic carbocycles. The van der Waals surface area contributed by atoms with Gasteiger partial charge in [-0.3, -0.25) is 4.90 Å². The second kappa shape index (κ2) is 6.07. The highest BCUT2D eigenvalue weighted by molar-refractivity contribution is 9.10. The fourth-order valence-electron chi connectivity index (χ4n) is 2.13. The average molecular weight is 312 g/mol. The molecule has 0 atom stereocenters. The smallest absolute Gasteiger partial charge is 0.133 e. The van der Waals surface area contributed by atoms with Crippen molar-refractivity contribution in [1.82, 2.24) is 4.90 Å². The first-order valence-corrected chi connectivity index (χ1v) is 7.46. The van der Waals surface area contributed by atoms with E-state index >= 15 is 0 Å². The summed E-state index contributed by atoms with van der Waals surface area (Å²) < 4.78 is 6.31. The molecule has 0 aromatic heterocycles. The van der Waals surface area contributed by atoms with Crippen LogP contribution in [-0.2, 0) is 6.54 Å². The molecule has 100 valence electrons. The molecule has 3 heteroatoms. The maximum atomic E-state index is 5.27. The summed E-state index contributed by atoms with van der Waals surface area (Å²) in [5.74, 6) is 1.84. The monoisotopic (exact) mass is 311 g/mol. The third-order valence-electron chi connectivity index (χ3n) is 3.52. The highest BCUT2D eigenvalue weighted by atomic mass is 79.9. The van der Waals surface area contributed by atoms with Crippen molar-refractivity contribution < 1.29 is 4.74 Å². The zero-order chi connectivity index (χ0) is 13.1. The van der Waals surface area contributed by atoms with Gasteiger partial charge in [0.15, 0.2) is 0 Å². The molecule has 0 heterocycles. The van der Waals surface area contributed by atoms with E-state index in [1.807, 2.05) is 6.07 Å². The topological polar surface area (TPSA) is 12.5 Å². The van der Waals surface area contributed by atoms with Crippen LogP contribution in [0.3, 0.4) is 0 Å². The average Bonchev–Trinajstić information content (AvgIpc) is 3.12. The van der Waals surface area contributed by atoms with Crippen LogP contribution in [0, 0.1) is 5.92 Å². The van der Waals surface area contributed by atoms with Gasteiger partial charge < -0.3 is 4.74 Å². The lowest BCUT2D eigenvalue weighted by molar-refractivity contribution is 0.203. The molecule has 1 aromatic carbocycles. The first-order valence-electron chi connectivity index (χ1n) is 6.66. The molecule has 0 N–H and O–H groups in total. The second-order valence-electron chi connectivity index (χ2n) is 5.44. The van der Waals surface area contributed by atoms with Crippen molar-refractivity contribution in [2.24, 2.45) is 5.92 Å². The number of nitrogens with zero attached hydrogens (tertiary/aromatic N) is 1. The molecule has 1 fully saturated rings. The Kier molecular flexibility index (Phi) is 4.68. The van der Waals surface area contributed by atoms with Crippen LogP contribution < -0.4 is 4.74 Å². The fraction of sp³-hybridized carbons (Fsp3) is 0.600. The summed E-state index contributed by atoms with van der Waals surface area (Å²) in [6, 6.07) is 6.97. The van der Waals surface area contributed by atoms with Crippen LogP contribution in [0.15, 0.2) is 22.7 Å². The summed E-state index contributed by atoms with van der Waals surface area (Å²) in [7, 11) is 1.70. The van der Waals surface area contributed by atoms with Gasteiger partial charge in [0, 0.05) is 19.1 Å². The van der Waals surface area contributed by atoms with E-state index in [1.54, 1.807) is 7.11 Å². The van der Waals surface area contributed by atoms with Gasteiger partial charge in [0.1, 0.15) is 5.75 Å². The molecule has 0 aliphatic heterocycles. The quantitative estimate of drug-likeness (QED) is 0.785. The van der Waals surface area contributed by atoms with Gasteiger partial charge in [0.2, 0.25) is 0 Å². The lowest BCUT2D eigenvalue weighted by Gasteiger charge is -2.26. The third kappa shape index (κ3) is 3.72. The van der Waals surface area contributed by atoms with Crippen molar-refractivity contribution in [3.8, 4) is 5.75 Å². The summed E-state index contributed by atoms with van der Waals surface area (Å²) in [4.78, 5) is 2.56. The summed E-state index contributed by atoms with van der Waals surface area (Å²) in [5, 5.41) is 0. The van der Waals surface area contributed by atoms with Gasteiger partial charge in [-0.1, -0.05) is 6.07 Å². The normalized spacial score (nSPS) is 15.4. The van der Waals surface area contributed by atoms with Gasteiger partial charge in [-0.15, -0.1) is 0 Å². The summed E-state index contributed by atoms with van der Waals surface area (Å²) in [5.41, 5.74) is 1.34. The number of rotatable bonds is 6. The van der Waals surface area contributed by atoms with Crippen molar-refractivity contribution in [1.29, 1.82) is 0 Å². The molecule has 0 saturated heterocycles. The highest BCUT2D eigenvalue weighted by Crippen LogP contribution is 2.31. The van der Waals surface area contributed by atoms with Crippen LogP contribution in [-0.4, -0.2) is 24.6 Å². The Bertz CT molecular complexity index is 401. The van der Waals surface area contributed by atoms with Gasteiger partial charge >= 0.3 is 0 Å². The number of methoxy groups -OCH3 is 1. The van der Waals surface area contributed by atoms with E-state index in [0.29, 0.717) is 6.04 Å². The maximum absolute atomic E-state index is 5.27. The Morgan fingerprint density at radius 3 is 2.61 bits per heavy atom. The van der Waals surface area contributed by atoms with Crippen LogP contribution in [0.4, 0.5) is 0 Å². The van der Waals surface area contributed by atoms with E-state index in [0.717, 1.165) is 22.7 Å². The molecular formula is C15H22BrNO. The largest absolute Gasteiger partial charge is 0.496 e. The van der Waals surface area contributed by atoms with E-state index < -0.39 is 0 Å². The molecule has 0 amide bonds. The van der Waals surface area contributed by atoms with E-state index in [-0.39, 0.29) is 0 Å². The number of hydrogen-bond donors (Lipinski definition) is 0. The Hall–Kier alpha value is -0.540. The molecule has 0 radical (unpaired) electrons. The first kappa shape index (κ1) is 13.9. The van der Waals surface area contributed by atoms with Gasteiger partial charge in [-0.2, -0.15) is 0 Å². The summed E-state index contributed by atoms with van der Waals surface area (Å²) in [6.07, 6.45) is 2.82. The van der Waals surface area contributed by atoms with Gasteiger partial charge in [0.25, 0.3) is 0 Å². The van der Waals surface area contributed by atoms with Crippen LogP contribution >= 0.6 is 15.9 Å². The predicted molar refractivity (Wildman–Crippen MR) is 79.0 cm³/mol. The van der Waals surface area contributed by atoms with Crippen molar-refractivity contribution in [2.45, 2.75) is 39.3 Å². The van der Waals surface area contributed by atoms with Crippen LogP contribution in [0.5, 0.6) is 5.75 Å². The lowest BCUT2D eigenvalue weighted by atomic mass is 10.1. The van der Waals surface area contributed by atoms with Crippen molar-refractivity contribution in [2.75, 3.05) is 13.7 Å². The van der Waals surface area contributed by atoms with E-state index in [9.17, 15) is 0 Å². The van der Waals surface area contributed by atoms with Crippen molar-refractivity contribution in [3.05, 3.63) is 28.2 Å². The Labute approximate surface area is 118 Å². The zero-order valence-corrected chi connectivity index (χ0v) is 13.0. The second-order valence-corrected chi connectivity index (χ2v) is 6.29.